The molecule has 0 N–H and O–H groups in total. The Balaban J connectivity index is 1.74. The lowest BCUT2D eigenvalue weighted by Crippen LogP contribution is -2.15. The van der Waals surface area contributed by atoms with Gasteiger partial charge in [0.2, 0.25) is 0 Å². The largest absolute Gasteiger partial charge is 0.381 e. The van der Waals surface area contributed by atoms with Gasteiger partial charge in [0.15, 0.2) is 11.6 Å². The van der Waals surface area contributed by atoms with Crippen molar-refractivity contribution in [3.05, 3.63) is 29.0 Å². The predicted octanol–water partition coefficient (Wildman–Crippen LogP) is 3.78. The van der Waals surface area contributed by atoms with E-state index in [1.54, 1.807) is 11.3 Å². The highest BCUT2D eigenvalue weighted by atomic mass is 32.1. The zero-order chi connectivity index (χ0) is 15.8. The SMILES string of the molecule is CCn1nc(C2CCOCC2)nc1-c1ccc2sc(C)nc2c1. The predicted molar refractivity (Wildman–Crippen MR) is 91.8 cm³/mol. The second-order valence-corrected chi connectivity index (χ2v) is 7.15. The van der Waals surface area contributed by atoms with E-state index in [9.17, 15) is 0 Å². The Bertz CT molecular complexity index is 832. The molecule has 3 aromatic rings. The fraction of sp³-hybridized carbons (Fsp3) is 0.471. The van der Waals surface area contributed by atoms with Crippen LogP contribution in [0.3, 0.4) is 0 Å². The molecule has 1 aliphatic rings. The van der Waals surface area contributed by atoms with Crippen molar-refractivity contribution in [2.45, 2.75) is 39.2 Å². The van der Waals surface area contributed by atoms with Crippen molar-refractivity contribution in [1.82, 2.24) is 19.7 Å². The molecule has 0 bridgehead atoms. The molecule has 0 spiro atoms. The number of hydrogen-bond acceptors (Lipinski definition) is 5. The molecule has 0 saturated carbocycles. The lowest BCUT2D eigenvalue weighted by molar-refractivity contribution is 0.0835. The van der Waals surface area contributed by atoms with Crippen LogP contribution in [0.4, 0.5) is 0 Å². The zero-order valence-corrected chi connectivity index (χ0v) is 14.3. The van der Waals surface area contributed by atoms with E-state index < -0.39 is 0 Å². The van der Waals surface area contributed by atoms with Gasteiger partial charge in [-0.05, 0) is 44.9 Å². The van der Waals surface area contributed by atoms with Crippen molar-refractivity contribution in [1.29, 1.82) is 0 Å². The lowest BCUT2D eigenvalue weighted by Gasteiger charge is -2.18. The minimum atomic E-state index is 0.417. The lowest BCUT2D eigenvalue weighted by atomic mass is 10.00. The summed E-state index contributed by atoms with van der Waals surface area (Å²) in [7, 11) is 0. The van der Waals surface area contributed by atoms with Crippen molar-refractivity contribution >= 4 is 21.6 Å². The van der Waals surface area contributed by atoms with E-state index >= 15 is 0 Å². The highest BCUT2D eigenvalue weighted by Gasteiger charge is 2.22. The topological polar surface area (TPSA) is 52.8 Å². The summed E-state index contributed by atoms with van der Waals surface area (Å²) >= 11 is 1.73. The molecule has 0 amide bonds. The Labute approximate surface area is 139 Å². The molecule has 1 saturated heterocycles. The quantitative estimate of drug-likeness (QED) is 0.734. The Morgan fingerprint density at radius 1 is 1.26 bits per heavy atom. The highest BCUT2D eigenvalue weighted by Crippen LogP contribution is 2.30. The first-order valence-corrected chi connectivity index (χ1v) is 8.96. The van der Waals surface area contributed by atoms with Crippen LogP contribution < -0.4 is 0 Å². The van der Waals surface area contributed by atoms with E-state index in [1.807, 2.05) is 11.6 Å². The Morgan fingerprint density at radius 2 is 2.09 bits per heavy atom. The van der Waals surface area contributed by atoms with E-state index in [-0.39, 0.29) is 0 Å². The Morgan fingerprint density at radius 3 is 2.87 bits per heavy atom. The number of nitrogens with zero attached hydrogens (tertiary/aromatic N) is 4. The second-order valence-electron chi connectivity index (χ2n) is 5.91. The number of thiazole rings is 1. The van der Waals surface area contributed by atoms with E-state index in [1.165, 1.54) is 4.70 Å². The third-order valence-corrected chi connectivity index (χ3v) is 5.28. The van der Waals surface area contributed by atoms with Crippen LogP contribution in [0, 0.1) is 6.92 Å². The molecule has 0 aliphatic carbocycles. The minimum Gasteiger partial charge on any atom is -0.381 e. The summed E-state index contributed by atoms with van der Waals surface area (Å²) in [6, 6.07) is 6.39. The van der Waals surface area contributed by atoms with Gasteiger partial charge in [-0.3, -0.25) is 0 Å². The van der Waals surface area contributed by atoms with Gasteiger partial charge < -0.3 is 4.74 Å². The molecule has 1 fully saturated rings. The van der Waals surface area contributed by atoms with Gasteiger partial charge in [0, 0.05) is 31.2 Å². The number of fused-ring (bicyclic) bond motifs is 1. The molecule has 2 aromatic heterocycles. The normalized spacial score (nSPS) is 16.3. The molecular weight excluding hydrogens is 308 g/mol. The second kappa shape index (κ2) is 6.02. The number of aryl methyl sites for hydroxylation is 2. The van der Waals surface area contributed by atoms with Crippen LogP contribution in [0.1, 0.15) is 36.5 Å². The number of hydrogen-bond donors (Lipinski definition) is 0. The maximum atomic E-state index is 5.45. The number of ether oxygens (including phenoxy) is 1. The van der Waals surface area contributed by atoms with E-state index in [2.05, 4.69) is 30.1 Å². The van der Waals surface area contributed by atoms with Gasteiger partial charge in [-0.25, -0.2) is 14.6 Å². The average molecular weight is 328 g/mol. The molecule has 0 atom stereocenters. The maximum Gasteiger partial charge on any atom is 0.158 e. The number of aromatic nitrogens is 4. The number of benzene rings is 1. The summed E-state index contributed by atoms with van der Waals surface area (Å²) in [6.07, 6.45) is 2.02. The van der Waals surface area contributed by atoms with Crippen molar-refractivity contribution in [2.75, 3.05) is 13.2 Å². The average Bonchev–Trinajstić information content (AvgIpc) is 3.17. The van der Waals surface area contributed by atoms with Crippen LogP contribution in [0.25, 0.3) is 21.6 Å². The van der Waals surface area contributed by atoms with Crippen molar-refractivity contribution in [3.8, 4) is 11.4 Å². The standard InChI is InChI=1S/C17H20N4OS/c1-3-21-17(19-16(20-21)12-6-8-22-9-7-12)13-4-5-15-14(10-13)18-11(2)23-15/h4-5,10,12H,3,6-9H2,1-2H3. The van der Waals surface area contributed by atoms with Gasteiger partial charge in [0.25, 0.3) is 0 Å². The van der Waals surface area contributed by atoms with Gasteiger partial charge >= 0.3 is 0 Å². The summed E-state index contributed by atoms with van der Waals surface area (Å²) in [5, 5.41) is 5.84. The summed E-state index contributed by atoms with van der Waals surface area (Å²) in [5.74, 6) is 2.32. The van der Waals surface area contributed by atoms with Crippen LogP contribution in [0.5, 0.6) is 0 Å². The van der Waals surface area contributed by atoms with E-state index in [4.69, 9.17) is 14.8 Å². The maximum absolute atomic E-state index is 5.45. The summed E-state index contributed by atoms with van der Waals surface area (Å²) in [5.41, 5.74) is 2.14. The molecule has 0 unspecified atom stereocenters. The smallest absolute Gasteiger partial charge is 0.158 e. The Kier molecular flexibility index (Phi) is 3.87. The minimum absolute atomic E-state index is 0.417. The molecule has 6 heteroatoms. The first-order valence-electron chi connectivity index (χ1n) is 8.14. The van der Waals surface area contributed by atoms with Crippen LogP contribution in [0.15, 0.2) is 18.2 Å². The Hall–Kier alpha value is -1.79. The van der Waals surface area contributed by atoms with Gasteiger partial charge in [-0.2, -0.15) is 5.10 Å². The van der Waals surface area contributed by atoms with Gasteiger partial charge in [-0.15, -0.1) is 11.3 Å². The van der Waals surface area contributed by atoms with E-state index in [0.717, 1.165) is 60.3 Å². The molecule has 23 heavy (non-hydrogen) atoms. The van der Waals surface area contributed by atoms with Crippen LogP contribution in [-0.2, 0) is 11.3 Å². The molecule has 1 aromatic carbocycles. The van der Waals surface area contributed by atoms with Crippen molar-refractivity contribution < 1.29 is 4.74 Å². The molecule has 4 rings (SSSR count). The summed E-state index contributed by atoms with van der Waals surface area (Å²) in [6.45, 7) is 6.59. The molecule has 120 valence electrons. The van der Waals surface area contributed by atoms with Crippen LogP contribution in [-0.4, -0.2) is 33.0 Å². The van der Waals surface area contributed by atoms with Crippen molar-refractivity contribution in [3.63, 3.8) is 0 Å². The van der Waals surface area contributed by atoms with Crippen molar-refractivity contribution in [2.24, 2.45) is 0 Å². The molecule has 3 heterocycles. The highest BCUT2D eigenvalue weighted by molar-refractivity contribution is 7.18. The van der Waals surface area contributed by atoms with Crippen LogP contribution >= 0.6 is 11.3 Å². The van der Waals surface area contributed by atoms with Gasteiger partial charge in [-0.1, -0.05) is 0 Å². The molecule has 1 aliphatic heterocycles. The summed E-state index contributed by atoms with van der Waals surface area (Å²) in [4.78, 5) is 9.46. The monoisotopic (exact) mass is 328 g/mol. The van der Waals surface area contributed by atoms with Crippen LogP contribution in [0.2, 0.25) is 0 Å². The molecular formula is C17H20N4OS. The van der Waals surface area contributed by atoms with Gasteiger partial charge in [0.1, 0.15) is 0 Å². The van der Waals surface area contributed by atoms with E-state index in [0.29, 0.717) is 5.92 Å². The third kappa shape index (κ3) is 2.77. The zero-order valence-electron chi connectivity index (χ0n) is 13.5. The number of rotatable bonds is 3. The molecule has 0 radical (unpaired) electrons. The first-order chi connectivity index (χ1) is 11.2. The fourth-order valence-electron chi connectivity index (χ4n) is 3.10. The van der Waals surface area contributed by atoms with Gasteiger partial charge in [0.05, 0.1) is 15.2 Å². The fourth-order valence-corrected chi connectivity index (χ4v) is 3.91. The summed E-state index contributed by atoms with van der Waals surface area (Å²) < 4.78 is 8.68. The first kappa shape index (κ1) is 14.8. The third-order valence-electron chi connectivity index (χ3n) is 4.33. The molecule has 5 nitrogen and oxygen atoms in total.